The Balaban J connectivity index is 1.52. The van der Waals surface area contributed by atoms with Crippen molar-refractivity contribution >= 4 is 16.9 Å². The van der Waals surface area contributed by atoms with E-state index >= 15 is 0 Å². The number of H-pyrrole nitrogens is 1. The van der Waals surface area contributed by atoms with E-state index in [0.29, 0.717) is 43.1 Å². The highest BCUT2D eigenvalue weighted by atomic mass is 16.5. The van der Waals surface area contributed by atoms with Gasteiger partial charge in [-0.1, -0.05) is 24.3 Å². The quantitative estimate of drug-likeness (QED) is 0.557. The van der Waals surface area contributed by atoms with Crippen molar-refractivity contribution in [3.63, 3.8) is 0 Å². The van der Waals surface area contributed by atoms with Crippen LogP contribution in [0.2, 0.25) is 0 Å². The first-order chi connectivity index (χ1) is 15.2. The van der Waals surface area contributed by atoms with Gasteiger partial charge in [-0.15, -0.1) is 0 Å². The summed E-state index contributed by atoms with van der Waals surface area (Å²) in [4.78, 5) is 19.2. The van der Waals surface area contributed by atoms with E-state index < -0.39 is 0 Å². The molecule has 1 aliphatic heterocycles. The highest BCUT2D eigenvalue weighted by Crippen LogP contribution is 2.30. The van der Waals surface area contributed by atoms with Gasteiger partial charge in [-0.2, -0.15) is 10.4 Å². The third-order valence-corrected chi connectivity index (χ3v) is 5.43. The number of hydrogen-bond acceptors (Lipinski definition) is 5. The molecule has 7 nitrogen and oxygen atoms in total. The molecule has 0 aliphatic carbocycles. The van der Waals surface area contributed by atoms with Crippen molar-refractivity contribution in [3.05, 3.63) is 71.9 Å². The number of rotatable bonds is 3. The number of nitrogens with zero attached hydrogens (tertiary/aromatic N) is 4. The second-order valence-electron chi connectivity index (χ2n) is 7.37. The Morgan fingerprint density at radius 1 is 1.03 bits per heavy atom. The molecule has 1 amide bonds. The van der Waals surface area contributed by atoms with Crippen LogP contribution in [0, 0.1) is 11.3 Å². The van der Waals surface area contributed by atoms with Crippen molar-refractivity contribution in [1.82, 2.24) is 20.1 Å². The number of morpholine rings is 1. The van der Waals surface area contributed by atoms with Gasteiger partial charge in [0.2, 0.25) is 0 Å². The average molecular weight is 409 g/mol. The molecular weight excluding hydrogens is 390 g/mol. The Morgan fingerprint density at radius 2 is 1.84 bits per heavy atom. The Kier molecular flexibility index (Phi) is 4.90. The Bertz CT molecular complexity index is 1320. The van der Waals surface area contributed by atoms with E-state index in [9.17, 15) is 10.1 Å². The van der Waals surface area contributed by atoms with Crippen LogP contribution in [0.3, 0.4) is 0 Å². The number of carbonyl (C=O) groups excluding carboxylic acids is 1. The number of amides is 1. The molecule has 1 N–H and O–H groups in total. The monoisotopic (exact) mass is 409 g/mol. The van der Waals surface area contributed by atoms with Crippen molar-refractivity contribution in [2.24, 2.45) is 0 Å². The van der Waals surface area contributed by atoms with Crippen LogP contribution in [0.5, 0.6) is 0 Å². The molecule has 0 radical (unpaired) electrons. The molecule has 1 saturated heterocycles. The Morgan fingerprint density at radius 3 is 2.68 bits per heavy atom. The van der Waals surface area contributed by atoms with Crippen molar-refractivity contribution in [2.75, 3.05) is 26.3 Å². The van der Waals surface area contributed by atoms with Crippen LogP contribution in [0.4, 0.5) is 0 Å². The number of pyridine rings is 1. The summed E-state index contributed by atoms with van der Waals surface area (Å²) in [5, 5.41) is 17.4. The summed E-state index contributed by atoms with van der Waals surface area (Å²) in [6.45, 7) is 2.36. The van der Waals surface area contributed by atoms with E-state index in [1.807, 2.05) is 53.4 Å². The van der Waals surface area contributed by atoms with Gasteiger partial charge in [-0.3, -0.25) is 9.89 Å². The topological polar surface area (TPSA) is 94.9 Å². The van der Waals surface area contributed by atoms with Crippen LogP contribution in [0.25, 0.3) is 33.4 Å². The maximum Gasteiger partial charge on any atom is 0.254 e. The molecule has 7 heteroatoms. The molecule has 0 bridgehead atoms. The summed E-state index contributed by atoms with van der Waals surface area (Å²) < 4.78 is 5.35. The van der Waals surface area contributed by atoms with Crippen molar-refractivity contribution in [1.29, 1.82) is 5.26 Å². The number of nitriles is 1. The van der Waals surface area contributed by atoms with Gasteiger partial charge < -0.3 is 9.64 Å². The average Bonchev–Trinajstić information content (AvgIpc) is 3.27. The molecule has 31 heavy (non-hydrogen) atoms. The zero-order chi connectivity index (χ0) is 21.2. The molecular formula is C24H19N5O2. The molecule has 0 atom stereocenters. The maximum atomic E-state index is 12.9. The first-order valence-corrected chi connectivity index (χ1v) is 10.0. The van der Waals surface area contributed by atoms with Crippen molar-refractivity contribution < 1.29 is 9.53 Å². The number of nitrogens with one attached hydrogen (secondary N) is 1. The molecule has 152 valence electrons. The minimum atomic E-state index is 0.0107. The second-order valence-corrected chi connectivity index (χ2v) is 7.37. The second kappa shape index (κ2) is 8.01. The molecule has 0 saturated carbocycles. The Labute approximate surface area is 178 Å². The summed E-state index contributed by atoms with van der Waals surface area (Å²) in [6, 6.07) is 19.1. The minimum absolute atomic E-state index is 0.0107. The van der Waals surface area contributed by atoms with Crippen LogP contribution in [0.15, 0.2) is 60.8 Å². The first-order valence-electron chi connectivity index (χ1n) is 10.0. The van der Waals surface area contributed by atoms with Crippen LogP contribution < -0.4 is 0 Å². The van der Waals surface area contributed by atoms with E-state index in [4.69, 9.17) is 4.74 Å². The number of aromatic nitrogens is 3. The minimum Gasteiger partial charge on any atom is -0.378 e. The summed E-state index contributed by atoms with van der Waals surface area (Å²) in [7, 11) is 0. The number of fused-ring (bicyclic) bond motifs is 1. The van der Waals surface area contributed by atoms with Gasteiger partial charge in [0.15, 0.2) is 5.65 Å². The van der Waals surface area contributed by atoms with Crippen LogP contribution in [-0.4, -0.2) is 52.3 Å². The third-order valence-electron chi connectivity index (χ3n) is 5.43. The fourth-order valence-electron chi connectivity index (χ4n) is 3.80. The molecule has 0 spiro atoms. The van der Waals surface area contributed by atoms with Crippen LogP contribution in [0.1, 0.15) is 15.9 Å². The first kappa shape index (κ1) is 19.0. The SMILES string of the molecule is N#Cc1cccc(-c2[nH]nc3ncc(-c4cccc(C(=O)N5CCOCC5)c4)cc23)c1. The van der Waals surface area contributed by atoms with Gasteiger partial charge >= 0.3 is 0 Å². The highest BCUT2D eigenvalue weighted by molar-refractivity contribution is 5.97. The van der Waals surface area contributed by atoms with Gasteiger partial charge in [-0.25, -0.2) is 4.98 Å². The zero-order valence-electron chi connectivity index (χ0n) is 16.7. The van der Waals surface area contributed by atoms with E-state index in [-0.39, 0.29) is 5.91 Å². The van der Waals surface area contributed by atoms with Gasteiger partial charge in [-0.05, 0) is 35.9 Å². The molecule has 3 heterocycles. The molecule has 1 fully saturated rings. The van der Waals surface area contributed by atoms with Gasteiger partial charge in [0.1, 0.15) is 0 Å². The number of carbonyl (C=O) groups is 1. The Hall–Kier alpha value is -4.02. The van der Waals surface area contributed by atoms with Gasteiger partial charge in [0.05, 0.1) is 30.5 Å². The highest BCUT2D eigenvalue weighted by Gasteiger charge is 2.19. The lowest BCUT2D eigenvalue weighted by molar-refractivity contribution is 0.0303. The fourth-order valence-corrected chi connectivity index (χ4v) is 3.80. The van der Waals surface area contributed by atoms with Gasteiger partial charge in [0.25, 0.3) is 5.91 Å². The van der Waals surface area contributed by atoms with Gasteiger partial charge in [0, 0.05) is 41.4 Å². The molecule has 4 aromatic rings. The standard InChI is InChI=1S/C24H19N5O2/c25-14-16-3-1-5-18(11-16)22-21-13-20(15-26-23(21)28-27-22)17-4-2-6-19(12-17)24(30)29-7-9-31-10-8-29/h1-6,11-13,15H,7-10H2,(H,26,27,28). The summed E-state index contributed by atoms with van der Waals surface area (Å²) in [5.41, 5.74) is 5.31. The van der Waals surface area contributed by atoms with Crippen molar-refractivity contribution in [2.45, 2.75) is 0 Å². The molecule has 0 unspecified atom stereocenters. The number of hydrogen-bond donors (Lipinski definition) is 1. The number of benzene rings is 2. The number of ether oxygens (including phenoxy) is 1. The molecule has 2 aromatic heterocycles. The van der Waals surface area contributed by atoms with E-state index in [0.717, 1.165) is 27.8 Å². The normalized spacial score (nSPS) is 13.8. The maximum absolute atomic E-state index is 12.9. The zero-order valence-corrected chi connectivity index (χ0v) is 16.7. The number of aromatic amines is 1. The van der Waals surface area contributed by atoms with Crippen LogP contribution >= 0.6 is 0 Å². The summed E-state index contributed by atoms with van der Waals surface area (Å²) in [6.07, 6.45) is 1.76. The van der Waals surface area contributed by atoms with E-state index in [1.165, 1.54) is 0 Å². The summed E-state index contributed by atoms with van der Waals surface area (Å²) >= 11 is 0. The molecule has 5 rings (SSSR count). The fraction of sp³-hybridized carbons (Fsp3) is 0.167. The lowest BCUT2D eigenvalue weighted by Gasteiger charge is -2.27. The van der Waals surface area contributed by atoms with E-state index in [1.54, 1.807) is 12.3 Å². The third kappa shape index (κ3) is 3.65. The molecule has 1 aliphatic rings. The summed E-state index contributed by atoms with van der Waals surface area (Å²) in [5.74, 6) is 0.0107. The van der Waals surface area contributed by atoms with Crippen LogP contribution in [-0.2, 0) is 4.74 Å². The predicted molar refractivity (Wildman–Crippen MR) is 116 cm³/mol. The lowest BCUT2D eigenvalue weighted by Crippen LogP contribution is -2.40. The lowest BCUT2D eigenvalue weighted by atomic mass is 10.0. The smallest absolute Gasteiger partial charge is 0.254 e. The van der Waals surface area contributed by atoms with E-state index in [2.05, 4.69) is 21.3 Å². The molecule has 2 aromatic carbocycles. The van der Waals surface area contributed by atoms with Crippen molar-refractivity contribution in [3.8, 4) is 28.5 Å². The largest absolute Gasteiger partial charge is 0.378 e. The predicted octanol–water partition coefficient (Wildman–Crippen LogP) is 3.64.